The van der Waals surface area contributed by atoms with Crippen molar-refractivity contribution in [1.29, 1.82) is 0 Å². The summed E-state index contributed by atoms with van der Waals surface area (Å²) in [5.41, 5.74) is 1.92. The van der Waals surface area contributed by atoms with Crippen molar-refractivity contribution < 1.29 is 0 Å². The summed E-state index contributed by atoms with van der Waals surface area (Å²) in [6, 6.07) is 6.07. The predicted octanol–water partition coefficient (Wildman–Crippen LogP) is 1.75. The molecule has 0 aliphatic carbocycles. The third-order valence-corrected chi connectivity index (χ3v) is 5.39. The number of anilines is 3. The minimum atomic E-state index is 0.886. The molecule has 3 aromatic rings. The van der Waals surface area contributed by atoms with Crippen LogP contribution in [-0.2, 0) is 0 Å². The van der Waals surface area contributed by atoms with Crippen LogP contribution in [0.5, 0.6) is 0 Å². The molecule has 0 saturated carbocycles. The van der Waals surface area contributed by atoms with Crippen molar-refractivity contribution in [3.05, 3.63) is 36.3 Å². The van der Waals surface area contributed by atoms with Gasteiger partial charge in [-0.15, -0.1) is 0 Å². The maximum atomic E-state index is 4.87. The molecule has 2 fully saturated rings. The molecule has 0 unspecified atom stereocenters. The van der Waals surface area contributed by atoms with E-state index in [1.165, 1.54) is 12.8 Å². The second-order valence-corrected chi connectivity index (χ2v) is 7.26. The van der Waals surface area contributed by atoms with Gasteiger partial charge in [0.15, 0.2) is 5.65 Å². The maximum absolute atomic E-state index is 4.87. The number of hydrogen-bond donors (Lipinski definition) is 0. The Bertz CT molecular complexity index is 938. The minimum absolute atomic E-state index is 0.886. The normalized spacial score (nSPS) is 17.9. The Kier molecular flexibility index (Phi) is 4.03. The predicted molar refractivity (Wildman–Crippen MR) is 106 cm³/mol. The first kappa shape index (κ1) is 16.3. The van der Waals surface area contributed by atoms with E-state index in [1.54, 1.807) is 10.7 Å². The molecular weight excluding hydrogens is 340 g/mol. The van der Waals surface area contributed by atoms with Crippen LogP contribution in [0.25, 0.3) is 5.65 Å². The van der Waals surface area contributed by atoms with Crippen molar-refractivity contribution >= 4 is 23.2 Å². The number of fused-ring (bicyclic) bond motifs is 1. The van der Waals surface area contributed by atoms with Crippen LogP contribution < -0.4 is 14.7 Å². The smallest absolute Gasteiger partial charge is 0.227 e. The van der Waals surface area contributed by atoms with Gasteiger partial charge in [-0.3, -0.25) is 0 Å². The highest BCUT2D eigenvalue weighted by atomic mass is 15.3. The third kappa shape index (κ3) is 3.15. The highest BCUT2D eigenvalue weighted by Crippen LogP contribution is 2.23. The van der Waals surface area contributed by atoms with Crippen LogP contribution in [0.3, 0.4) is 0 Å². The molecule has 0 spiro atoms. The van der Waals surface area contributed by atoms with Gasteiger partial charge in [0.25, 0.3) is 0 Å². The van der Waals surface area contributed by atoms with Crippen molar-refractivity contribution in [2.75, 3.05) is 54.0 Å². The average molecular weight is 364 g/mol. The van der Waals surface area contributed by atoms with E-state index in [2.05, 4.69) is 37.8 Å². The molecule has 0 amide bonds. The number of hydrogen-bond acceptors (Lipinski definition) is 7. The number of aryl methyl sites for hydroxylation is 1. The molecule has 0 radical (unpaired) electrons. The minimum Gasteiger partial charge on any atom is -0.353 e. The molecule has 0 atom stereocenters. The number of piperazine rings is 1. The lowest BCUT2D eigenvalue weighted by molar-refractivity contribution is 0.639. The molecule has 0 aromatic carbocycles. The highest BCUT2D eigenvalue weighted by molar-refractivity contribution is 5.51. The first-order chi connectivity index (χ1) is 13.3. The standard InChI is InChI=1S/C19H24N8/c1-15-14-18(23-19(21-15)26-7-2-3-8-26)25-12-10-24(11-13-25)16-5-9-27-17(22-16)4-6-20-27/h4-6,9,14H,2-3,7-8,10-13H2,1H3. The van der Waals surface area contributed by atoms with Gasteiger partial charge in [0.1, 0.15) is 11.6 Å². The maximum Gasteiger partial charge on any atom is 0.227 e. The second kappa shape index (κ2) is 6.68. The van der Waals surface area contributed by atoms with E-state index in [0.29, 0.717) is 0 Å². The number of rotatable bonds is 3. The third-order valence-electron chi connectivity index (χ3n) is 5.39. The van der Waals surface area contributed by atoms with Gasteiger partial charge in [-0.05, 0) is 25.8 Å². The Balaban J connectivity index is 1.31. The fourth-order valence-electron chi connectivity index (χ4n) is 3.90. The SMILES string of the molecule is Cc1cc(N2CCN(c3ccn4nccc4n3)CC2)nc(N2CCCC2)n1. The Labute approximate surface area is 158 Å². The zero-order valence-corrected chi connectivity index (χ0v) is 15.6. The Morgan fingerprint density at radius 2 is 1.52 bits per heavy atom. The highest BCUT2D eigenvalue weighted by Gasteiger charge is 2.22. The van der Waals surface area contributed by atoms with Gasteiger partial charge in [0, 0.05) is 63.3 Å². The topological polar surface area (TPSA) is 65.7 Å². The molecule has 8 heteroatoms. The van der Waals surface area contributed by atoms with E-state index in [-0.39, 0.29) is 0 Å². The van der Waals surface area contributed by atoms with Gasteiger partial charge in [-0.2, -0.15) is 10.1 Å². The van der Waals surface area contributed by atoms with Crippen LogP contribution >= 0.6 is 0 Å². The van der Waals surface area contributed by atoms with Gasteiger partial charge >= 0.3 is 0 Å². The average Bonchev–Trinajstić information content (AvgIpc) is 3.39. The molecule has 0 N–H and O–H groups in total. The van der Waals surface area contributed by atoms with Gasteiger partial charge in [0.05, 0.1) is 6.20 Å². The van der Waals surface area contributed by atoms with Crippen LogP contribution in [0, 0.1) is 6.92 Å². The largest absolute Gasteiger partial charge is 0.353 e. The molecule has 5 heterocycles. The lowest BCUT2D eigenvalue weighted by Gasteiger charge is -2.36. The van der Waals surface area contributed by atoms with E-state index in [4.69, 9.17) is 9.97 Å². The van der Waals surface area contributed by atoms with Crippen LogP contribution in [0.15, 0.2) is 30.6 Å². The Hall–Kier alpha value is -2.90. The van der Waals surface area contributed by atoms with Gasteiger partial charge in [-0.1, -0.05) is 0 Å². The lowest BCUT2D eigenvalue weighted by atomic mass is 10.3. The van der Waals surface area contributed by atoms with Crippen molar-refractivity contribution in [2.24, 2.45) is 0 Å². The first-order valence-electron chi connectivity index (χ1n) is 9.67. The summed E-state index contributed by atoms with van der Waals surface area (Å²) >= 11 is 0. The van der Waals surface area contributed by atoms with Crippen molar-refractivity contribution in [1.82, 2.24) is 24.6 Å². The molecular formula is C19H24N8. The second-order valence-electron chi connectivity index (χ2n) is 7.26. The fourth-order valence-corrected chi connectivity index (χ4v) is 3.90. The van der Waals surface area contributed by atoms with Crippen molar-refractivity contribution in [3.63, 3.8) is 0 Å². The zero-order chi connectivity index (χ0) is 18.2. The summed E-state index contributed by atoms with van der Waals surface area (Å²) in [5.74, 6) is 2.94. The molecule has 2 aliphatic heterocycles. The summed E-state index contributed by atoms with van der Waals surface area (Å²) in [4.78, 5) is 21.2. The monoisotopic (exact) mass is 364 g/mol. The van der Waals surface area contributed by atoms with Gasteiger partial charge < -0.3 is 14.7 Å². The molecule has 2 aliphatic rings. The summed E-state index contributed by atoms with van der Waals surface area (Å²) in [7, 11) is 0. The van der Waals surface area contributed by atoms with E-state index < -0.39 is 0 Å². The summed E-state index contributed by atoms with van der Waals surface area (Å²) < 4.78 is 1.79. The van der Waals surface area contributed by atoms with Crippen LogP contribution in [0.2, 0.25) is 0 Å². The molecule has 0 bridgehead atoms. The summed E-state index contributed by atoms with van der Waals surface area (Å²) in [5, 5.41) is 4.22. The Morgan fingerprint density at radius 3 is 2.30 bits per heavy atom. The van der Waals surface area contributed by atoms with Crippen LogP contribution in [0.1, 0.15) is 18.5 Å². The van der Waals surface area contributed by atoms with Crippen molar-refractivity contribution in [3.8, 4) is 0 Å². The quantitative estimate of drug-likeness (QED) is 0.701. The molecule has 5 rings (SSSR count). The van der Waals surface area contributed by atoms with Gasteiger partial charge in [0.2, 0.25) is 5.95 Å². The van der Waals surface area contributed by atoms with E-state index in [1.807, 2.05) is 18.3 Å². The fraction of sp³-hybridized carbons (Fsp3) is 0.474. The number of nitrogens with zero attached hydrogens (tertiary/aromatic N) is 8. The van der Waals surface area contributed by atoms with Crippen LogP contribution in [0.4, 0.5) is 17.6 Å². The summed E-state index contributed by atoms with van der Waals surface area (Å²) in [6.07, 6.45) is 6.22. The molecule has 8 nitrogen and oxygen atoms in total. The van der Waals surface area contributed by atoms with Crippen molar-refractivity contribution in [2.45, 2.75) is 19.8 Å². The molecule has 27 heavy (non-hydrogen) atoms. The number of aromatic nitrogens is 5. The van der Waals surface area contributed by atoms with Crippen LogP contribution in [-0.4, -0.2) is 63.8 Å². The molecule has 3 aromatic heterocycles. The Morgan fingerprint density at radius 1 is 0.778 bits per heavy atom. The van der Waals surface area contributed by atoms with E-state index >= 15 is 0 Å². The molecule has 2 saturated heterocycles. The lowest BCUT2D eigenvalue weighted by Crippen LogP contribution is -2.47. The first-order valence-corrected chi connectivity index (χ1v) is 9.67. The molecule has 140 valence electrons. The van der Waals surface area contributed by atoms with E-state index in [9.17, 15) is 0 Å². The van der Waals surface area contributed by atoms with Gasteiger partial charge in [-0.25, -0.2) is 14.5 Å². The zero-order valence-electron chi connectivity index (χ0n) is 15.6. The van der Waals surface area contributed by atoms with E-state index in [0.717, 1.165) is 68.2 Å². The summed E-state index contributed by atoms with van der Waals surface area (Å²) in [6.45, 7) is 7.92.